The predicted octanol–water partition coefficient (Wildman–Crippen LogP) is 2.21. The van der Waals surface area contributed by atoms with E-state index in [0.29, 0.717) is 11.9 Å². The van der Waals surface area contributed by atoms with Gasteiger partial charge in [0, 0.05) is 30.6 Å². The van der Waals surface area contributed by atoms with E-state index in [1.54, 1.807) is 6.20 Å². The number of pyridine rings is 2. The van der Waals surface area contributed by atoms with Gasteiger partial charge in [-0.3, -0.25) is 4.98 Å². The largest absolute Gasteiger partial charge is 0.383 e. The van der Waals surface area contributed by atoms with Crippen molar-refractivity contribution < 1.29 is 0 Å². The third kappa shape index (κ3) is 4.31. The van der Waals surface area contributed by atoms with Crippen LogP contribution in [-0.4, -0.2) is 22.6 Å². The Kier molecular flexibility index (Phi) is 5.50. The fraction of sp³-hybridized carbons (Fsp3) is 0.375. The van der Waals surface area contributed by atoms with Crippen LogP contribution < -0.4 is 11.1 Å². The Morgan fingerprint density at radius 1 is 1.10 bits per heavy atom. The van der Waals surface area contributed by atoms with Crippen molar-refractivity contribution in [3.05, 3.63) is 54.0 Å². The van der Waals surface area contributed by atoms with Crippen LogP contribution in [0.5, 0.6) is 0 Å². The molecule has 0 saturated heterocycles. The van der Waals surface area contributed by atoms with Gasteiger partial charge in [-0.05, 0) is 43.1 Å². The number of nitrogens with zero attached hydrogens (tertiary/aromatic N) is 2. The Balaban J connectivity index is 2.05. The zero-order chi connectivity index (χ0) is 14.2. The third-order valence-electron chi connectivity index (χ3n) is 3.26. The minimum absolute atomic E-state index is 0.330. The Bertz CT molecular complexity index is 513. The van der Waals surface area contributed by atoms with Crippen LogP contribution in [0.15, 0.2) is 42.7 Å². The molecule has 0 spiro atoms. The lowest BCUT2D eigenvalue weighted by Crippen LogP contribution is -2.34. The molecule has 0 fully saturated rings. The summed E-state index contributed by atoms with van der Waals surface area (Å²) in [4.78, 5) is 8.56. The van der Waals surface area contributed by atoms with Crippen LogP contribution in [0.1, 0.15) is 24.6 Å². The van der Waals surface area contributed by atoms with Gasteiger partial charge in [0.2, 0.25) is 0 Å². The van der Waals surface area contributed by atoms with Crippen molar-refractivity contribution in [1.82, 2.24) is 15.3 Å². The van der Waals surface area contributed by atoms with Crippen molar-refractivity contribution in [3.8, 4) is 0 Å². The molecule has 2 rings (SSSR count). The molecule has 106 valence electrons. The fourth-order valence-electron chi connectivity index (χ4n) is 2.23. The number of aromatic nitrogens is 2. The van der Waals surface area contributed by atoms with Crippen molar-refractivity contribution in [2.75, 3.05) is 12.3 Å². The molecule has 0 aliphatic rings. The van der Waals surface area contributed by atoms with Gasteiger partial charge in [0.05, 0.1) is 0 Å². The lowest BCUT2D eigenvalue weighted by molar-refractivity contribution is 0.500. The first-order valence-corrected chi connectivity index (χ1v) is 7.12. The maximum absolute atomic E-state index is 5.94. The Labute approximate surface area is 120 Å². The number of anilines is 1. The average Bonchev–Trinajstić information content (AvgIpc) is 2.48. The summed E-state index contributed by atoms with van der Waals surface area (Å²) in [6.07, 6.45) is 6.45. The number of hydrogen-bond acceptors (Lipinski definition) is 4. The number of nitrogens with one attached hydrogen (secondary N) is 1. The van der Waals surface area contributed by atoms with E-state index in [1.807, 2.05) is 30.5 Å². The van der Waals surface area contributed by atoms with Crippen molar-refractivity contribution in [1.29, 1.82) is 0 Å². The van der Waals surface area contributed by atoms with Crippen LogP contribution in [0, 0.1) is 0 Å². The molecule has 1 unspecified atom stereocenters. The van der Waals surface area contributed by atoms with E-state index in [9.17, 15) is 0 Å². The van der Waals surface area contributed by atoms with Gasteiger partial charge in [-0.15, -0.1) is 0 Å². The van der Waals surface area contributed by atoms with Gasteiger partial charge < -0.3 is 11.1 Å². The standard InChI is InChI=1S/C16H22N4/c1-2-8-18-15(12-14-7-3-4-9-19-14)11-13-6-5-10-20-16(13)17/h3-7,9-10,15,18H,2,8,11-12H2,1H3,(H2,17,20). The van der Waals surface area contributed by atoms with E-state index in [4.69, 9.17) is 5.73 Å². The minimum atomic E-state index is 0.330. The highest BCUT2D eigenvalue weighted by Gasteiger charge is 2.12. The van der Waals surface area contributed by atoms with Crippen molar-refractivity contribution in [3.63, 3.8) is 0 Å². The molecule has 0 amide bonds. The summed E-state index contributed by atoms with van der Waals surface area (Å²) >= 11 is 0. The Hall–Kier alpha value is -1.94. The van der Waals surface area contributed by atoms with Gasteiger partial charge in [0.15, 0.2) is 0 Å². The van der Waals surface area contributed by atoms with Gasteiger partial charge in [-0.2, -0.15) is 0 Å². The summed E-state index contributed by atoms with van der Waals surface area (Å²) < 4.78 is 0. The van der Waals surface area contributed by atoms with Crippen LogP contribution in [0.3, 0.4) is 0 Å². The van der Waals surface area contributed by atoms with Crippen LogP contribution in [0.4, 0.5) is 5.82 Å². The summed E-state index contributed by atoms with van der Waals surface area (Å²) in [7, 11) is 0. The second-order valence-electron chi connectivity index (χ2n) is 4.93. The van der Waals surface area contributed by atoms with Gasteiger partial charge in [0.1, 0.15) is 5.82 Å². The van der Waals surface area contributed by atoms with Crippen molar-refractivity contribution >= 4 is 5.82 Å². The van der Waals surface area contributed by atoms with E-state index in [2.05, 4.69) is 28.3 Å². The summed E-state index contributed by atoms with van der Waals surface area (Å²) in [5, 5.41) is 3.57. The van der Waals surface area contributed by atoms with Crippen molar-refractivity contribution in [2.24, 2.45) is 0 Å². The lowest BCUT2D eigenvalue weighted by Gasteiger charge is -2.19. The molecule has 1 atom stereocenters. The molecule has 2 aromatic rings. The van der Waals surface area contributed by atoms with E-state index < -0.39 is 0 Å². The zero-order valence-corrected chi connectivity index (χ0v) is 11.9. The van der Waals surface area contributed by atoms with Crippen LogP contribution in [0.25, 0.3) is 0 Å². The van der Waals surface area contributed by atoms with Gasteiger partial charge in [-0.1, -0.05) is 19.1 Å². The molecule has 0 aliphatic heterocycles. The lowest BCUT2D eigenvalue weighted by atomic mass is 10.0. The molecular weight excluding hydrogens is 248 g/mol. The van der Waals surface area contributed by atoms with E-state index in [-0.39, 0.29) is 0 Å². The fourth-order valence-corrected chi connectivity index (χ4v) is 2.23. The molecule has 20 heavy (non-hydrogen) atoms. The number of hydrogen-bond donors (Lipinski definition) is 2. The molecule has 0 radical (unpaired) electrons. The molecule has 0 saturated carbocycles. The van der Waals surface area contributed by atoms with Crippen molar-refractivity contribution in [2.45, 2.75) is 32.2 Å². The molecular formula is C16H22N4. The molecule has 0 bridgehead atoms. The Morgan fingerprint density at radius 3 is 2.65 bits per heavy atom. The number of rotatable bonds is 7. The molecule has 2 heterocycles. The smallest absolute Gasteiger partial charge is 0.126 e. The minimum Gasteiger partial charge on any atom is -0.383 e. The average molecular weight is 270 g/mol. The molecule has 4 heteroatoms. The highest BCUT2D eigenvalue weighted by atomic mass is 14.9. The highest BCUT2D eigenvalue weighted by molar-refractivity contribution is 5.39. The van der Waals surface area contributed by atoms with E-state index in [0.717, 1.165) is 37.1 Å². The summed E-state index contributed by atoms with van der Waals surface area (Å²) in [6, 6.07) is 10.3. The predicted molar refractivity (Wildman–Crippen MR) is 82.4 cm³/mol. The molecule has 0 aromatic carbocycles. The van der Waals surface area contributed by atoms with Gasteiger partial charge in [-0.25, -0.2) is 4.98 Å². The maximum Gasteiger partial charge on any atom is 0.126 e. The van der Waals surface area contributed by atoms with Crippen LogP contribution in [0.2, 0.25) is 0 Å². The first-order chi connectivity index (χ1) is 9.79. The molecule has 4 nitrogen and oxygen atoms in total. The van der Waals surface area contributed by atoms with Crippen LogP contribution >= 0.6 is 0 Å². The summed E-state index contributed by atoms with van der Waals surface area (Å²) in [6.45, 7) is 3.17. The van der Waals surface area contributed by atoms with Gasteiger partial charge in [0.25, 0.3) is 0 Å². The van der Waals surface area contributed by atoms with Gasteiger partial charge >= 0.3 is 0 Å². The summed E-state index contributed by atoms with van der Waals surface area (Å²) in [5.74, 6) is 0.622. The summed E-state index contributed by atoms with van der Waals surface area (Å²) in [5.41, 5.74) is 8.13. The molecule has 0 aliphatic carbocycles. The quantitative estimate of drug-likeness (QED) is 0.809. The van der Waals surface area contributed by atoms with E-state index >= 15 is 0 Å². The molecule has 3 N–H and O–H groups in total. The first-order valence-electron chi connectivity index (χ1n) is 7.12. The van der Waals surface area contributed by atoms with E-state index in [1.165, 1.54) is 0 Å². The maximum atomic E-state index is 5.94. The molecule has 2 aromatic heterocycles. The topological polar surface area (TPSA) is 63.8 Å². The van der Waals surface area contributed by atoms with Crippen LogP contribution in [-0.2, 0) is 12.8 Å². The SMILES string of the molecule is CCCNC(Cc1ccccn1)Cc1cccnc1N. The monoisotopic (exact) mass is 270 g/mol. The first kappa shape index (κ1) is 14.5. The highest BCUT2D eigenvalue weighted by Crippen LogP contribution is 2.12. The second-order valence-corrected chi connectivity index (χ2v) is 4.93. The third-order valence-corrected chi connectivity index (χ3v) is 3.26. The second kappa shape index (κ2) is 7.60. The number of nitrogens with two attached hydrogens (primary N) is 1. The normalized spacial score (nSPS) is 12.2. The Morgan fingerprint density at radius 2 is 1.95 bits per heavy atom. The zero-order valence-electron chi connectivity index (χ0n) is 11.9. The number of nitrogen functional groups attached to an aromatic ring is 1.